The average molecular weight is 266 g/mol. The van der Waals surface area contributed by atoms with Gasteiger partial charge in [0.25, 0.3) is 0 Å². The number of ketones is 1. The van der Waals surface area contributed by atoms with Crippen LogP contribution >= 0.6 is 0 Å². The molecule has 0 radical (unpaired) electrons. The molecule has 3 atom stereocenters. The number of hydrogen-bond acceptors (Lipinski definition) is 3. The monoisotopic (exact) mass is 266 g/mol. The molecule has 2 saturated heterocycles. The summed E-state index contributed by atoms with van der Waals surface area (Å²) in [5, 5.41) is 0. The van der Waals surface area contributed by atoms with Gasteiger partial charge in [0.1, 0.15) is 5.78 Å². The van der Waals surface area contributed by atoms with Crippen molar-refractivity contribution in [3.05, 3.63) is 0 Å². The first-order chi connectivity index (χ1) is 9.16. The lowest BCUT2D eigenvalue weighted by Crippen LogP contribution is -2.35. The Balaban J connectivity index is 1.57. The van der Waals surface area contributed by atoms with Crippen molar-refractivity contribution < 1.29 is 14.3 Å². The number of hydrogen-bond donors (Lipinski definition) is 0. The fourth-order valence-corrected chi connectivity index (χ4v) is 4.08. The molecule has 3 rings (SSSR count). The van der Waals surface area contributed by atoms with Crippen molar-refractivity contribution in [2.24, 2.45) is 23.7 Å². The van der Waals surface area contributed by atoms with Crippen molar-refractivity contribution in [2.45, 2.75) is 58.2 Å². The van der Waals surface area contributed by atoms with Gasteiger partial charge in [-0.25, -0.2) is 0 Å². The Bertz CT molecular complexity index is 331. The minimum absolute atomic E-state index is 0.0214. The maximum atomic E-state index is 12.7. The highest BCUT2D eigenvalue weighted by Crippen LogP contribution is 2.38. The van der Waals surface area contributed by atoms with Crippen LogP contribution < -0.4 is 0 Å². The van der Waals surface area contributed by atoms with E-state index in [-0.39, 0.29) is 24.0 Å². The molecule has 0 spiro atoms. The van der Waals surface area contributed by atoms with Gasteiger partial charge >= 0.3 is 0 Å². The fraction of sp³-hybridized carbons (Fsp3) is 0.938. The second kappa shape index (κ2) is 5.53. The zero-order valence-electron chi connectivity index (χ0n) is 12.1. The molecular formula is C16H26O3. The quantitative estimate of drug-likeness (QED) is 0.788. The van der Waals surface area contributed by atoms with Crippen LogP contribution in [-0.4, -0.2) is 31.2 Å². The molecule has 0 aromatic rings. The molecule has 0 amide bonds. The molecule has 0 aromatic carbocycles. The zero-order chi connectivity index (χ0) is 13.4. The first-order valence-corrected chi connectivity index (χ1v) is 7.93. The van der Waals surface area contributed by atoms with Crippen molar-refractivity contribution >= 4 is 5.78 Å². The van der Waals surface area contributed by atoms with Crippen LogP contribution in [0.2, 0.25) is 0 Å². The van der Waals surface area contributed by atoms with E-state index >= 15 is 0 Å². The summed E-state index contributed by atoms with van der Waals surface area (Å²) in [5.74, 6) is 2.30. The van der Waals surface area contributed by atoms with Crippen LogP contribution in [0.25, 0.3) is 0 Å². The summed E-state index contributed by atoms with van der Waals surface area (Å²) in [4.78, 5) is 12.7. The number of Topliss-reactive ketones (excluding diaryl/α,β-unsaturated/α-hetero) is 1. The first-order valence-electron chi connectivity index (χ1n) is 7.93. The van der Waals surface area contributed by atoms with Crippen LogP contribution in [0, 0.1) is 23.7 Å². The van der Waals surface area contributed by atoms with E-state index < -0.39 is 0 Å². The molecule has 108 valence electrons. The lowest BCUT2D eigenvalue weighted by atomic mass is 9.73. The number of carbonyl (C=O) groups excluding carboxylic acids is 1. The third kappa shape index (κ3) is 2.59. The van der Waals surface area contributed by atoms with Crippen LogP contribution in [0.15, 0.2) is 0 Å². The van der Waals surface area contributed by atoms with Gasteiger partial charge < -0.3 is 9.47 Å². The van der Waals surface area contributed by atoms with Gasteiger partial charge in [0.15, 0.2) is 0 Å². The lowest BCUT2D eigenvalue weighted by molar-refractivity contribution is -0.131. The molecular weight excluding hydrogens is 240 g/mol. The minimum Gasteiger partial charge on any atom is -0.375 e. The van der Waals surface area contributed by atoms with Crippen LogP contribution in [0.5, 0.6) is 0 Å². The number of ether oxygens (including phenoxy) is 2. The summed E-state index contributed by atoms with van der Waals surface area (Å²) in [6, 6.07) is 0. The molecule has 0 N–H and O–H groups in total. The van der Waals surface area contributed by atoms with Crippen molar-refractivity contribution in [1.29, 1.82) is 0 Å². The molecule has 3 nitrogen and oxygen atoms in total. The van der Waals surface area contributed by atoms with Crippen LogP contribution in [0.4, 0.5) is 0 Å². The van der Waals surface area contributed by atoms with Gasteiger partial charge in [-0.05, 0) is 43.9 Å². The second-order valence-electron chi connectivity index (χ2n) is 6.86. The maximum absolute atomic E-state index is 12.7. The van der Waals surface area contributed by atoms with Crippen LogP contribution in [-0.2, 0) is 14.3 Å². The molecule has 1 saturated carbocycles. The summed E-state index contributed by atoms with van der Waals surface area (Å²) in [5.41, 5.74) is 0. The van der Waals surface area contributed by atoms with Gasteiger partial charge in [0.05, 0.1) is 24.7 Å². The van der Waals surface area contributed by atoms with Crippen LogP contribution in [0.3, 0.4) is 0 Å². The molecule has 3 heteroatoms. The van der Waals surface area contributed by atoms with E-state index in [0.717, 1.165) is 37.7 Å². The van der Waals surface area contributed by atoms with E-state index in [2.05, 4.69) is 13.8 Å². The van der Waals surface area contributed by atoms with E-state index in [1.807, 2.05) is 0 Å². The van der Waals surface area contributed by atoms with Gasteiger partial charge in [-0.3, -0.25) is 4.79 Å². The predicted molar refractivity (Wildman–Crippen MR) is 72.9 cm³/mol. The molecule has 2 heterocycles. The van der Waals surface area contributed by atoms with E-state index in [9.17, 15) is 4.79 Å². The normalized spacial score (nSPS) is 42.6. The van der Waals surface area contributed by atoms with Crippen molar-refractivity contribution in [3.8, 4) is 0 Å². The first kappa shape index (κ1) is 13.6. The standard InChI is InChI=1S/C16H26O3/c1-10(2)11-3-5-12(6-4-11)15(17)13-9-19-14-7-8-18-16(13)14/h10-14,16H,3-9H2,1-2H3/t11?,12?,13?,14-,16-/m1/s1. The minimum atomic E-state index is 0.0214. The predicted octanol–water partition coefficient (Wildman–Crippen LogP) is 2.82. The Kier molecular flexibility index (Phi) is 3.95. The molecule has 1 unspecified atom stereocenters. The molecule has 3 fully saturated rings. The smallest absolute Gasteiger partial charge is 0.144 e. The lowest BCUT2D eigenvalue weighted by Gasteiger charge is -2.31. The topological polar surface area (TPSA) is 35.5 Å². The molecule has 19 heavy (non-hydrogen) atoms. The Hall–Kier alpha value is -0.410. The average Bonchev–Trinajstić information content (AvgIpc) is 3.00. The number of rotatable bonds is 3. The third-order valence-corrected chi connectivity index (χ3v) is 5.45. The Labute approximate surface area is 116 Å². The maximum Gasteiger partial charge on any atom is 0.144 e. The molecule has 2 aliphatic heterocycles. The molecule has 3 aliphatic rings. The highest BCUT2D eigenvalue weighted by atomic mass is 16.6. The van der Waals surface area contributed by atoms with E-state index in [1.165, 1.54) is 12.8 Å². The van der Waals surface area contributed by atoms with Gasteiger partial charge in [0.2, 0.25) is 0 Å². The SMILES string of the molecule is CC(C)C1CCC(C(=O)C2CO[C@@H]3CCO[C@H]23)CC1. The Morgan fingerprint density at radius 3 is 2.47 bits per heavy atom. The highest BCUT2D eigenvalue weighted by Gasteiger charge is 2.46. The van der Waals surface area contributed by atoms with E-state index in [1.54, 1.807) is 0 Å². The summed E-state index contributed by atoms with van der Waals surface area (Å²) in [7, 11) is 0. The van der Waals surface area contributed by atoms with Gasteiger partial charge in [-0.15, -0.1) is 0 Å². The Morgan fingerprint density at radius 2 is 1.79 bits per heavy atom. The van der Waals surface area contributed by atoms with Gasteiger partial charge in [0, 0.05) is 12.5 Å². The highest BCUT2D eigenvalue weighted by molar-refractivity contribution is 5.84. The zero-order valence-corrected chi connectivity index (χ0v) is 12.1. The Morgan fingerprint density at radius 1 is 1.05 bits per heavy atom. The second-order valence-corrected chi connectivity index (χ2v) is 6.86. The summed E-state index contributed by atoms with van der Waals surface area (Å²) >= 11 is 0. The van der Waals surface area contributed by atoms with Crippen molar-refractivity contribution in [2.75, 3.05) is 13.2 Å². The third-order valence-electron chi connectivity index (χ3n) is 5.45. The van der Waals surface area contributed by atoms with Crippen molar-refractivity contribution in [1.82, 2.24) is 0 Å². The number of fused-ring (bicyclic) bond motifs is 1. The molecule has 1 aliphatic carbocycles. The molecule has 0 bridgehead atoms. The van der Waals surface area contributed by atoms with Crippen LogP contribution in [0.1, 0.15) is 46.0 Å². The fourth-order valence-electron chi connectivity index (χ4n) is 4.08. The van der Waals surface area contributed by atoms with Gasteiger partial charge in [-0.1, -0.05) is 13.8 Å². The van der Waals surface area contributed by atoms with E-state index in [4.69, 9.17) is 9.47 Å². The molecule has 0 aromatic heterocycles. The van der Waals surface area contributed by atoms with E-state index in [0.29, 0.717) is 12.4 Å². The number of carbonyl (C=O) groups is 1. The summed E-state index contributed by atoms with van der Waals surface area (Å²) < 4.78 is 11.4. The summed E-state index contributed by atoms with van der Waals surface area (Å²) in [6.45, 7) is 5.96. The largest absolute Gasteiger partial charge is 0.375 e. The van der Waals surface area contributed by atoms with Crippen molar-refractivity contribution in [3.63, 3.8) is 0 Å². The summed E-state index contributed by atoms with van der Waals surface area (Å²) in [6.07, 6.45) is 5.82. The van der Waals surface area contributed by atoms with Gasteiger partial charge in [-0.2, -0.15) is 0 Å².